The fourth-order valence-corrected chi connectivity index (χ4v) is 6.07. The molecular weight excluding hydrogens is 448 g/mol. The average molecular weight is 481 g/mol. The lowest BCUT2D eigenvalue weighted by atomic mass is 9.78. The highest BCUT2D eigenvalue weighted by atomic mass is 16.6. The monoisotopic (exact) mass is 480 g/mol. The van der Waals surface area contributed by atoms with E-state index >= 15 is 0 Å². The quantitative estimate of drug-likeness (QED) is 0.492. The predicted molar refractivity (Wildman–Crippen MR) is 127 cm³/mol. The van der Waals surface area contributed by atoms with E-state index in [-0.39, 0.29) is 30.9 Å². The van der Waals surface area contributed by atoms with Crippen molar-refractivity contribution in [3.63, 3.8) is 0 Å². The van der Waals surface area contributed by atoms with E-state index in [1.165, 1.54) is 4.90 Å². The number of carbonyl (C=O) groups is 3. The molecule has 186 valence electrons. The molecule has 0 radical (unpaired) electrons. The zero-order valence-corrected chi connectivity index (χ0v) is 20.1. The summed E-state index contributed by atoms with van der Waals surface area (Å²) in [5.41, 5.74) is -0.335. The Labute approximate surface area is 205 Å². The molecule has 2 amide bonds. The normalized spacial score (nSPS) is 33.5. The summed E-state index contributed by atoms with van der Waals surface area (Å²) in [5.74, 6) is -2.88. The van der Waals surface area contributed by atoms with Crippen LogP contribution in [-0.4, -0.2) is 76.2 Å². The highest BCUT2D eigenvalue weighted by Gasteiger charge is 2.72. The Balaban J connectivity index is 1.61. The second-order valence-electron chi connectivity index (χ2n) is 9.89. The summed E-state index contributed by atoms with van der Waals surface area (Å²) in [6.45, 7) is 4.52. The van der Waals surface area contributed by atoms with E-state index in [0.717, 1.165) is 12.0 Å². The predicted octanol–water partition coefficient (Wildman–Crippen LogP) is 1.69. The van der Waals surface area contributed by atoms with Crippen LogP contribution in [0.2, 0.25) is 0 Å². The molecule has 5 rings (SSSR count). The minimum atomic E-state index is -1.31. The van der Waals surface area contributed by atoms with E-state index < -0.39 is 41.6 Å². The van der Waals surface area contributed by atoms with Gasteiger partial charge in [-0.3, -0.25) is 14.4 Å². The van der Waals surface area contributed by atoms with Crippen LogP contribution in [0.15, 0.2) is 54.6 Å². The van der Waals surface area contributed by atoms with Crippen molar-refractivity contribution < 1.29 is 29.0 Å². The molecule has 8 nitrogen and oxygen atoms in total. The first-order valence-corrected chi connectivity index (χ1v) is 12.4. The third-order valence-corrected chi connectivity index (χ3v) is 8.00. The number of carbonyl (C=O) groups excluding carboxylic acids is 3. The SMILES string of the molecule is CC[C@H](C)[C@H](CO)N1C(=O)[C@@H]2[C@@H]3C(=O)OCC=C[C@@H]3O[C@@]23C=CCN(Cc2ccccc2)C(=O)C13. The number of esters is 1. The molecule has 35 heavy (non-hydrogen) atoms. The number of aliphatic hydroxyl groups excluding tert-OH is 1. The highest BCUT2D eigenvalue weighted by molar-refractivity contribution is 5.99. The van der Waals surface area contributed by atoms with Crippen molar-refractivity contribution in [2.75, 3.05) is 19.8 Å². The molecular formula is C27H32N2O6. The number of aliphatic hydroxyl groups is 1. The molecule has 1 aromatic rings. The van der Waals surface area contributed by atoms with Crippen molar-refractivity contribution in [3.8, 4) is 0 Å². The van der Waals surface area contributed by atoms with Crippen molar-refractivity contribution >= 4 is 17.8 Å². The lowest BCUT2D eigenvalue weighted by molar-refractivity contribution is -0.155. The molecule has 0 saturated carbocycles. The van der Waals surface area contributed by atoms with Crippen molar-refractivity contribution in [1.29, 1.82) is 0 Å². The van der Waals surface area contributed by atoms with E-state index in [1.807, 2.05) is 56.3 Å². The first-order valence-electron chi connectivity index (χ1n) is 12.4. The minimum Gasteiger partial charge on any atom is -0.461 e. The largest absolute Gasteiger partial charge is 0.461 e. The van der Waals surface area contributed by atoms with Gasteiger partial charge in [-0.05, 0) is 17.6 Å². The molecule has 8 heteroatoms. The fraction of sp³-hybridized carbons (Fsp3) is 0.519. The Hall–Kier alpha value is -2.97. The minimum absolute atomic E-state index is 0.0563. The van der Waals surface area contributed by atoms with Crippen LogP contribution >= 0.6 is 0 Å². The first-order chi connectivity index (χ1) is 16.9. The fourth-order valence-electron chi connectivity index (χ4n) is 6.07. The summed E-state index contributed by atoms with van der Waals surface area (Å²) in [7, 11) is 0. The van der Waals surface area contributed by atoms with Crippen molar-refractivity contribution in [2.45, 2.75) is 50.6 Å². The van der Waals surface area contributed by atoms with Crippen molar-refractivity contribution in [3.05, 3.63) is 60.2 Å². The Morgan fingerprint density at radius 2 is 1.91 bits per heavy atom. The summed E-state index contributed by atoms with van der Waals surface area (Å²) >= 11 is 0. The van der Waals surface area contributed by atoms with Crippen LogP contribution < -0.4 is 0 Å². The molecule has 1 aromatic carbocycles. The van der Waals surface area contributed by atoms with Crippen LogP contribution in [0.1, 0.15) is 25.8 Å². The number of rotatable bonds is 6. The lowest BCUT2D eigenvalue weighted by Crippen LogP contribution is -2.59. The van der Waals surface area contributed by atoms with Crippen molar-refractivity contribution in [2.24, 2.45) is 17.8 Å². The summed E-state index contributed by atoms with van der Waals surface area (Å²) in [5, 5.41) is 10.4. The number of amides is 2. The van der Waals surface area contributed by atoms with Gasteiger partial charge in [0, 0.05) is 13.1 Å². The van der Waals surface area contributed by atoms with Crippen LogP contribution in [0.3, 0.4) is 0 Å². The maximum Gasteiger partial charge on any atom is 0.313 e. The lowest BCUT2D eigenvalue weighted by Gasteiger charge is -2.40. The number of ether oxygens (including phenoxy) is 2. The van der Waals surface area contributed by atoms with Gasteiger partial charge >= 0.3 is 5.97 Å². The number of likely N-dealkylation sites (tertiary alicyclic amines) is 1. The van der Waals surface area contributed by atoms with Crippen LogP contribution in [0, 0.1) is 17.8 Å². The van der Waals surface area contributed by atoms with Gasteiger partial charge in [0.25, 0.3) is 0 Å². The average Bonchev–Trinajstić information content (AvgIpc) is 3.17. The highest BCUT2D eigenvalue weighted by Crippen LogP contribution is 2.54. The number of benzene rings is 1. The van der Waals surface area contributed by atoms with Gasteiger partial charge in [-0.2, -0.15) is 0 Å². The third-order valence-electron chi connectivity index (χ3n) is 8.00. The maximum absolute atomic E-state index is 14.2. The zero-order chi connectivity index (χ0) is 24.7. The number of cyclic esters (lactones) is 1. The topological polar surface area (TPSA) is 96.4 Å². The standard InChI is InChI=1S/C27H32N2O6/c1-3-17(2)19(16-30)29-23-25(32)28(15-18-9-5-4-6-10-18)13-8-12-27(23)22(24(29)31)21-20(35-27)11-7-14-34-26(21)33/h4-12,17,19-23,30H,3,13-16H2,1-2H3/t17-,19-,20-,21+,22-,23?,27-/m0/s1. The Morgan fingerprint density at radius 3 is 2.63 bits per heavy atom. The van der Waals surface area contributed by atoms with Crippen molar-refractivity contribution in [1.82, 2.24) is 9.80 Å². The van der Waals surface area contributed by atoms with Gasteiger partial charge in [-0.25, -0.2) is 0 Å². The molecule has 4 heterocycles. The van der Waals surface area contributed by atoms with E-state index in [0.29, 0.717) is 13.1 Å². The van der Waals surface area contributed by atoms with Gasteiger partial charge in [0.2, 0.25) is 11.8 Å². The zero-order valence-electron chi connectivity index (χ0n) is 20.1. The number of fused-ring (bicyclic) bond motifs is 2. The molecule has 2 saturated heterocycles. The second kappa shape index (κ2) is 9.24. The Bertz CT molecular complexity index is 1060. The van der Waals surface area contributed by atoms with E-state index in [4.69, 9.17) is 9.47 Å². The van der Waals surface area contributed by atoms with E-state index in [1.54, 1.807) is 17.1 Å². The number of nitrogens with zero attached hydrogens (tertiary/aromatic N) is 2. The van der Waals surface area contributed by atoms with Crippen LogP contribution in [0.5, 0.6) is 0 Å². The van der Waals surface area contributed by atoms with Gasteiger partial charge < -0.3 is 24.4 Å². The molecule has 4 aliphatic heterocycles. The molecule has 7 atom stereocenters. The number of hydrogen-bond acceptors (Lipinski definition) is 6. The van der Waals surface area contributed by atoms with Crippen LogP contribution in [0.25, 0.3) is 0 Å². The van der Waals surface area contributed by atoms with Gasteiger partial charge in [-0.1, -0.05) is 68.8 Å². The second-order valence-corrected chi connectivity index (χ2v) is 9.89. The molecule has 0 bridgehead atoms. The summed E-state index contributed by atoms with van der Waals surface area (Å²) in [6, 6.07) is 8.12. The molecule has 4 aliphatic rings. The third kappa shape index (κ3) is 3.70. The Morgan fingerprint density at radius 1 is 1.14 bits per heavy atom. The van der Waals surface area contributed by atoms with Gasteiger partial charge in [0.1, 0.15) is 24.2 Å². The molecule has 2 fully saturated rings. The molecule has 1 N–H and O–H groups in total. The first kappa shape index (κ1) is 23.8. The maximum atomic E-state index is 14.2. The molecule has 1 spiro atoms. The van der Waals surface area contributed by atoms with Crippen LogP contribution in [0.4, 0.5) is 0 Å². The Kier molecular flexibility index (Phi) is 6.27. The summed E-state index contributed by atoms with van der Waals surface area (Å²) < 4.78 is 11.9. The summed E-state index contributed by atoms with van der Waals surface area (Å²) in [4.78, 5) is 44.5. The van der Waals surface area contributed by atoms with E-state index in [9.17, 15) is 19.5 Å². The number of hydrogen-bond donors (Lipinski definition) is 1. The summed E-state index contributed by atoms with van der Waals surface area (Å²) in [6.07, 6.45) is 7.22. The van der Waals surface area contributed by atoms with Gasteiger partial charge in [-0.15, -0.1) is 0 Å². The van der Waals surface area contributed by atoms with Gasteiger partial charge in [0.15, 0.2) is 0 Å². The molecule has 1 unspecified atom stereocenters. The molecule has 0 aromatic heterocycles. The van der Waals surface area contributed by atoms with Gasteiger partial charge in [0.05, 0.1) is 24.7 Å². The smallest absolute Gasteiger partial charge is 0.313 e. The van der Waals surface area contributed by atoms with Crippen LogP contribution in [-0.2, 0) is 30.4 Å². The van der Waals surface area contributed by atoms with E-state index in [2.05, 4.69) is 0 Å². The molecule has 0 aliphatic carbocycles.